The third kappa shape index (κ3) is 3.06. The SMILES string of the molecule is COCCNC(=O)[C@H]1[C@H]2CC[C@H](C2)[C@@H]1c1nc(-c2ccccc2)no1. The first-order chi connectivity index (χ1) is 12.3. The van der Waals surface area contributed by atoms with Crippen LogP contribution in [0.25, 0.3) is 11.4 Å². The van der Waals surface area contributed by atoms with E-state index in [4.69, 9.17) is 9.26 Å². The number of nitrogens with zero attached hydrogens (tertiary/aromatic N) is 2. The second kappa shape index (κ2) is 6.96. The van der Waals surface area contributed by atoms with Crippen molar-refractivity contribution in [3.05, 3.63) is 36.2 Å². The number of hydrogen-bond donors (Lipinski definition) is 1. The molecule has 0 saturated heterocycles. The van der Waals surface area contributed by atoms with Gasteiger partial charge in [0.1, 0.15) is 0 Å². The number of carbonyl (C=O) groups excluding carboxylic acids is 1. The highest BCUT2D eigenvalue weighted by Gasteiger charge is 2.53. The molecule has 1 N–H and O–H groups in total. The van der Waals surface area contributed by atoms with Crippen LogP contribution < -0.4 is 5.32 Å². The highest BCUT2D eigenvalue weighted by atomic mass is 16.5. The van der Waals surface area contributed by atoms with Crippen molar-refractivity contribution in [2.75, 3.05) is 20.3 Å². The average Bonchev–Trinajstić information content (AvgIpc) is 3.37. The summed E-state index contributed by atoms with van der Waals surface area (Å²) < 4.78 is 10.6. The number of hydrogen-bond acceptors (Lipinski definition) is 5. The van der Waals surface area contributed by atoms with Crippen LogP contribution in [0.1, 0.15) is 31.1 Å². The van der Waals surface area contributed by atoms with Crippen molar-refractivity contribution >= 4 is 5.91 Å². The Kier molecular flexibility index (Phi) is 4.53. The molecule has 6 heteroatoms. The Balaban J connectivity index is 1.55. The van der Waals surface area contributed by atoms with Gasteiger partial charge in [0, 0.05) is 19.2 Å². The molecule has 2 bridgehead atoms. The second-order valence-electron chi connectivity index (χ2n) is 6.99. The summed E-state index contributed by atoms with van der Waals surface area (Å²) in [4.78, 5) is 17.3. The van der Waals surface area contributed by atoms with E-state index in [1.807, 2.05) is 30.3 Å². The Hall–Kier alpha value is -2.21. The van der Waals surface area contributed by atoms with Crippen molar-refractivity contribution in [1.29, 1.82) is 0 Å². The molecule has 0 unspecified atom stereocenters. The predicted molar refractivity (Wildman–Crippen MR) is 91.7 cm³/mol. The highest BCUT2D eigenvalue weighted by molar-refractivity contribution is 5.80. The van der Waals surface area contributed by atoms with Gasteiger partial charge in [0.05, 0.1) is 18.4 Å². The number of methoxy groups -OCH3 is 1. The van der Waals surface area contributed by atoms with Crippen molar-refractivity contribution in [2.45, 2.75) is 25.2 Å². The Morgan fingerprint density at radius 2 is 2.08 bits per heavy atom. The number of carbonyl (C=O) groups is 1. The lowest BCUT2D eigenvalue weighted by Crippen LogP contribution is -2.38. The molecule has 25 heavy (non-hydrogen) atoms. The van der Waals surface area contributed by atoms with Crippen LogP contribution in [0.5, 0.6) is 0 Å². The molecule has 0 radical (unpaired) electrons. The zero-order chi connectivity index (χ0) is 17.2. The molecule has 4 atom stereocenters. The minimum atomic E-state index is -0.0697. The molecule has 2 aromatic rings. The molecule has 0 spiro atoms. The van der Waals surface area contributed by atoms with Gasteiger partial charge in [-0.25, -0.2) is 0 Å². The van der Waals surface area contributed by atoms with Crippen LogP contribution in [0.3, 0.4) is 0 Å². The van der Waals surface area contributed by atoms with Crippen LogP contribution in [0.4, 0.5) is 0 Å². The van der Waals surface area contributed by atoms with E-state index in [1.54, 1.807) is 7.11 Å². The van der Waals surface area contributed by atoms with E-state index in [-0.39, 0.29) is 17.7 Å². The van der Waals surface area contributed by atoms with Gasteiger partial charge in [0.25, 0.3) is 0 Å². The lowest BCUT2D eigenvalue weighted by molar-refractivity contribution is -0.127. The van der Waals surface area contributed by atoms with Crippen LogP contribution in [0, 0.1) is 17.8 Å². The summed E-state index contributed by atoms with van der Waals surface area (Å²) in [7, 11) is 1.63. The summed E-state index contributed by atoms with van der Waals surface area (Å²) in [6.07, 6.45) is 3.33. The zero-order valence-electron chi connectivity index (χ0n) is 14.4. The van der Waals surface area contributed by atoms with Crippen LogP contribution in [0.2, 0.25) is 0 Å². The normalized spacial score (nSPS) is 27.6. The molecule has 6 nitrogen and oxygen atoms in total. The van der Waals surface area contributed by atoms with Crippen LogP contribution >= 0.6 is 0 Å². The fraction of sp³-hybridized carbons (Fsp3) is 0.526. The maximum atomic E-state index is 12.7. The van der Waals surface area contributed by atoms with Crippen molar-refractivity contribution < 1.29 is 14.1 Å². The van der Waals surface area contributed by atoms with Crippen molar-refractivity contribution in [3.8, 4) is 11.4 Å². The van der Waals surface area contributed by atoms with Gasteiger partial charge in [-0.1, -0.05) is 35.5 Å². The third-order valence-electron chi connectivity index (χ3n) is 5.58. The summed E-state index contributed by atoms with van der Waals surface area (Å²) in [6.45, 7) is 1.06. The highest BCUT2D eigenvalue weighted by Crippen LogP contribution is 2.56. The first-order valence-corrected chi connectivity index (χ1v) is 8.93. The summed E-state index contributed by atoms with van der Waals surface area (Å²) in [5, 5.41) is 7.14. The van der Waals surface area contributed by atoms with E-state index in [1.165, 1.54) is 0 Å². The number of benzene rings is 1. The molecular formula is C19H23N3O3. The maximum Gasteiger partial charge on any atom is 0.231 e. The number of fused-ring (bicyclic) bond motifs is 2. The van der Waals surface area contributed by atoms with Crippen LogP contribution in [0.15, 0.2) is 34.9 Å². The van der Waals surface area contributed by atoms with Crippen LogP contribution in [-0.4, -0.2) is 36.3 Å². The van der Waals surface area contributed by atoms with Gasteiger partial charge in [-0.3, -0.25) is 4.79 Å². The number of ether oxygens (including phenoxy) is 1. The minimum absolute atomic E-state index is 0.0336. The standard InChI is InChI=1S/C19H23N3O3/c1-24-10-9-20-18(23)15-13-7-8-14(11-13)16(15)19-21-17(22-25-19)12-5-3-2-4-6-12/h2-6,13-16H,7-11H2,1H3,(H,20,23)/t13-,14+,15-,16-/m0/s1. The summed E-state index contributed by atoms with van der Waals surface area (Å²) in [5.41, 5.74) is 0.932. The summed E-state index contributed by atoms with van der Waals surface area (Å²) in [5.74, 6) is 2.14. The van der Waals surface area contributed by atoms with Crippen LogP contribution in [-0.2, 0) is 9.53 Å². The first-order valence-electron chi connectivity index (χ1n) is 8.93. The Morgan fingerprint density at radius 1 is 1.28 bits per heavy atom. The van der Waals surface area contributed by atoms with Gasteiger partial charge in [-0.05, 0) is 31.1 Å². The molecular weight excluding hydrogens is 318 g/mol. The van der Waals surface area contributed by atoms with Gasteiger partial charge >= 0.3 is 0 Å². The first kappa shape index (κ1) is 16.3. The number of nitrogens with one attached hydrogen (secondary N) is 1. The molecule has 1 aromatic heterocycles. The Bertz CT molecular complexity index is 731. The fourth-order valence-electron chi connectivity index (χ4n) is 4.49. The summed E-state index contributed by atoms with van der Waals surface area (Å²) >= 11 is 0. The summed E-state index contributed by atoms with van der Waals surface area (Å²) in [6, 6.07) is 9.79. The average molecular weight is 341 g/mol. The Labute approximate surface area is 147 Å². The van der Waals surface area contributed by atoms with Gasteiger partial charge < -0.3 is 14.6 Å². The smallest absolute Gasteiger partial charge is 0.231 e. The van der Waals surface area contributed by atoms with E-state index in [2.05, 4.69) is 15.5 Å². The molecule has 2 aliphatic carbocycles. The van der Waals surface area contributed by atoms with Crippen molar-refractivity contribution in [1.82, 2.24) is 15.5 Å². The molecule has 2 aliphatic rings. The molecule has 1 heterocycles. The number of aromatic nitrogens is 2. The van der Waals surface area contributed by atoms with Gasteiger partial charge in [-0.15, -0.1) is 0 Å². The molecule has 2 saturated carbocycles. The van der Waals surface area contributed by atoms with E-state index in [0.717, 1.165) is 24.8 Å². The molecule has 132 valence electrons. The van der Waals surface area contributed by atoms with Gasteiger partial charge in [-0.2, -0.15) is 4.98 Å². The lowest BCUT2D eigenvalue weighted by atomic mass is 9.78. The third-order valence-corrected chi connectivity index (χ3v) is 5.58. The maximum absolute atomic E-state index is 12.7. The zero-order valence-corrected chi connectivity index (χ0v) is 14.4. The van der Waals surface area contributed by atoms with Crippen molar-refractivity contribution in [3.63, 3.8) is 0 Å². The fourth-order valence-corrected chi connectivity index (χ4v) is 4.49. The van der Waals surface area contributed by atoms with Gasteiger partial charge in [0.15, 0.2) is 0 Å². The van der Waals surface area contributed by atoms with E-state index in [0.29, 0.717) is 36.7 Å². The number of rotatable bonds is 6. The molecule has 0 aliphatic heterocycles. The lowest BCUT2D eigenvalue weighted by Gasteiger charge is -2.27. The second-order valence-corrected chi connectivity index (χ2v) is 6.99. The monoisotopic (exact) mass is 341 g/mol. The molecule has 2 fully saturated rings. The van der Waals surface area contributed by atoms with E-state index >= 15 is 0 Å². The Morgan fingerprint density at radius 3 is 2.88 bits per heavy atom. The quantitative estimate of drug-likeness (QED) is 0.817. The van der Waals surface area contributed by atoms with Gasteiger partial charge in [0.2, 0.25) is 17.6 Å². The topological polar surface area (TPSA) is 77.2 Å². The molecule has 1 aromatic carbocycles. The largest absolute Gasteiger partial charge is 0.383 e. The van der Waals surface area contributed by atoms with E-state index < -0.39 is 0 Å². The van der Waals surface area contributed by atoms with Crippen molar-refractivity contribution in [2.24, 2.45) is 17.8 Å². The predicted octanol–water partition coefficient (Wildman–Crippen LogP) is 2.63. The van der Waals surface area contributed by atoms with E-state index in [9.17, 15) is 4.79 Å². The minimum Gasteiger partial charge on any atom is -0.383 e. The molecule has 4 rings (SSSR count). The molecule has 1 amide bonds. The number of amides is 1.